The second-order valence-corrected chi connectivity index (χ2v) is 6.24. The van der Waals surface area contributed by atoms with Gasteiger partial charge in [0, 0.05) is 23.7 Å². The van der Waals surface area contributed by atoms with Crippen molar-refractivity contribution in [3.05, 3.63) is 41.0 Å². The number of nitrogens with zero attached hydrogens (tertiary/aromatic N) is 1. The molecule has 1 aliphatic rings. The van der Waals surface area contributed by atoms with Gasteiger partial charge in [-0.3, -0.25) is 4.99 Å². The SMILES string of the molecule is CC(C)(C)C1=NCCC(c2cc(F)cc(F)c2C(F)(F)F)=C1. The Morgan fingerprint density at radius 1 is 1.05 bits per heavy atom. The zero-order valence-corrected chi connectivity index (χ0v) is 12.5. The highest BCUT2D eigenvalue weighted by atomic mass is 19.4. The highest BCUT2D eigenvalue weighted by Crippen LogP contribution is 2.39. The predicted octanol–water partition coefficient (Wildman–Crippen LogP) is 5.26. The van der Waals surface area contributed by atoms with Gasteiger partial charge < -0.3 is 0 Å². The molecule has 0 N–H and O–H groups in total. The molecule has 0 saturated carbocycles. The second-order valence-electron chi connectivity index (χ2n) is 6.24. The molecule has 1 heterocycles. The van der Waals surface area contributed by atoms with Crippen LogP contribution < -0.4 is 0 Å². The Hall–Kier alpha value is -1.72. The van der Waals surface area contributed by atoms with Gasteiger partial charge in [0.1, 0.15) is 11.6 Å². The van der Waals surface area contributed by atoms with Gasteiger partial charge in [0.25, 0.3) is 0 Å². The van der Waals surface area contributed by atoms with Crippen molar-refractivity contribution < 1.29 is 22.0 Å². The van der Waals surface area contributed by atoms with E-state index in [2.05, 4.69) is 4.99 Å². The van der Waals surface area contributed by atoms with Crippen molar-refractivity contribution in [2.75, 3.05) is 6.54 Å². The van der Waals surface area contributed by atoms with E-state index in [-0.39, 0.29) is 23.5 Å². The molecule has 6 heteroatoms. The standard InChI is InChI=1S/C16H16F5N/c1-15(2,3)13-6-9(4-5-22-13)11-7-10(17)8-12(18)14(11)16(19,20)21/h6-8H,4-5H2,1-3H3. The van der Waals surface area contributed by atoms with E-state index in [0.29, 0.717) is 12.3 Å². The van der Waals surface area contributed by atoms with Crippen molar-refractivity contribution in [3.63, 3.8) is 0 Å². The van der Waals surface area contributed by atoms with E-state index in [4.69, 9.17) is 0 Å². The maximum absolute atomic E-state index is 13.7. The Labute approximate surface area is 125 Å². The summed E-state index contributed by atoms with van der Waals surface area (Å²) in [5.41, 5.74) is -1.34. The van der Waals surface area contributed by atoms with Crippen molar-refractivity contribution in [2.45, 2.75) is 33.4 Å². The van der Waals surface area contributed by atoms with E-state index in [1.54, 1.807) is 0 Å². The van der Waals surface area contributed by atoms with Crippen molar-refractivity contribution in [2.24, 2.45) is 10.4 Å². The van der Waals surface area contributed by atoms with E-state index >= 15 is 0 Å². The van der Waals surface area contributed by atoms with Gasteiger partial charge in [-0.15, -0.1) is 0 Å². The average molecular weight is 317 g/mol. The summed E-state index contributed by atoms with van der Waals surface area (Å²) in [5, 5.41) is 0. The number of benzene rings is 1. The van der Waals surface area contributed by atoms with Crippen LogP contribution >= 0.6 is 0 Å². The van der Waals surface area contributed by atoms with E-state index in [9.17, 15) is 22.0 Å². The topological polar surface area (TPSA) is 12.4 Å². The number of allylic oxidation sites excluding steroid dienone is 1. The Morgan fingerprint density at radius 3 is 2.23 bits per heavy atom. The first-order valence-electron chi connectivity index (χ1n) is 6.82. The summed E-state index contributed by atoms with van der Waals surface area (Å²) < 4.78 is 66.4. The average Bonchev–Trinajstić information content (AvgIpc) is 2.35. The van der Waals surface area contributed by atoms with Gasteiger partial charge in [0.2, 0.25) is 0 Å². The van der Waals surface area contributed by atoms with Crippen LogP contribution in [0.1, 0.15) is 38.3 Å². The van der Waals surface area contributed by atoms with Gasteiger partial charge in [0.05, 0.1) is 5.56 Å². The van der Waals surface area contributed by atoms with Gasteiger partial charge in [-0.25, -0.2) is 8.78 Å². The molecule has 0 unspecified atom stereocenters. The van der Waals surface area contributed by atoms with Crippen molar-refractivity contribution >= 4 is 11.3 Å². The smallest absolute Gasteiger partial charge is 0.289 e. The van der Waals surface area contributed by atoms with E-state index in [0.717, 1.165) is 6.07 Å². The molecule has 0 bridgehead atoms. The fourth-order valence-electron chi connectivity index (χ4n) is 2.36. The predicted molar refractivity (Wildman–Crippen MR) is 75.7 cm³/mol. The molecule has 0 saturated heterocycles. The molecule has 2 rings (SSSR count). The Bertz CT molecular complexity index is 648. The van der Waals surface area contributed by atoms with E-state index < -0.39 is 28.9 Å². The first kappa shape index (κ1) is 16.6. The van der Waals surface area contributed by atoms with Crippen LogP contribution in [0.4, 0.5) is 22.0 Å². The number of halogens is 5. The van der Waals surface area contributed by atoms with Crippen LogP contribution in [0.2, 0.25) is 0 Å². The minimum Gasteiger partial charge on any atom is -0.289 e. The molecule has 0 fully saturated rings. The summed E-state index contributed by atoms with van der Waals surface area (Å²) >= 11 is 0. The number of hydrogen-bond donors (Lipinski definition) is 0. The second kappa shape index (κ2) is 5.48. The lowest BCUT2D eigenvalue weighted by Crippen LogP contribution is -2.22. The molecular formula is C16H16F5N. The quantitative estimate of drug-likeness (QED) is 0.627. The van der Waals surface area contributed by atoms with Crippen LogP contribution in [0.5, 0.6) is 0 Å². The zero-order chi connectivity index (χ0) is 16.7. The fraction of sp³-hybridized carbons (Fsp3) is 0.438. The highest BCUT2D eigenvalue weighted by Gasteiger charge is 2.38. The van der Waals surface area contributed by atoms with Gasteiger partial charge >= 0.3 is 6.18 Å². The summed E-state index contributed by atoms with van der Waals surface area (Å²) in [5.74, 6) is -2.62. The van der Waals surface area contributed by atoms with Crippen LogP contribution in [0, 0.1) is 17.0 Å². The van der Waals surface area contributed by atoms with Crippen molar-refractivity contribution in [1.29, 1.82) is 0 Å². The largest absolute Gasteiger partial charge is 0.419 e. The third-order valence-corrected chi connectivity index (χ3v) is 3.43. The monoisotopic (exact) mass is 317 g/mol. The minimum absolute atomic E-state index is 0.214. The molecule has 0 spiro atoms. The highest BCUT2D eigenvalue weighted by molar-refractivity contribution is 6.05. The van der Waals surface area contributed by atoms with Gasteiger partial charge in [0.15, 0.2) is 0 Å². The first-order chi connectivity index (χ1) is 10.00. The summed E-state index contributed by atoms with van der Waals surface area (Å²) in [6.07, 6.45) is -3.16. The molecule has 0 atom stereocenters. The molecule has 0 aromatic heterocycles. The van der Waals surface area contributed by atoms with Gasteiger partial charge in [-0.2, -0.15) is 13.2 Å². The van der Waals surface area contributed by atoms with E-state index in [1.807, 2.05) is 20.8 Å². The number of alkyl halides is 3. The molecule has 0 amide bonds. The van der Waals surface area contributed by atoms with Crippen molar-refractivity contribution in [1.82, 2.24) is 0 Å². The fourth-order valence-corrected chi connectivity index (χ4v) is 2.36. The third-order valence-electron chi connectivity index (χ3n) is 3.43. The van der Waals surface area contributed by atoms with Gasteiger partial charge in [-0.05, 0) is 29.7 Å². The molecule has 22 heavy (non-hydrogen) atoms. The van der Waals surface area contributed by atoms with Crippen LogP contribution in [-0.4, -0.2) is 12.3 Å². The van der Waals surface area contributed by atoms with E-state index in [1.165, 1.54) is 6.08 Å². The summed E-state index contributed by atoms with van der Waals surface area (Å²) in [6.45, 7) is 5.93. The Balaban J connectivity index is 2.63. The zero-order valence-electron chi connectivity index (χ0n) is 12.5. The number of hydrogen-bond acceptors (Lipinski definition) is 1. The maximum Gasteiger partial charge on any atom is 0.419 e. The lowest BCUT2D eigenvalue weighted by atomic mass is 9.85. The molecule has 1 aliphatic heterocycles. The van der Waals surface area contributed by atoms with Crippen molar-refractivity contribution in [3.8, 4) is 0 Å². The van der Waals surface area contributed by atoms with Crippen LogP contribution in [0.15, 0.2) is 23.2 Å². The minimum atomic E-state index is -4.88. The molecule has 0 aliphatic carbocycles. The summed E-state index contributed by atoms with van der Waals surface area (Å²) in [4.78, 5) is 4.28. The number of rotatable bonds is 1. The third kappa shape index (κ3) is 3.36. The van der Waals surface area contributed by atoms with Crippen LogP contribution in [-0.2, 0) is 6.18 Å². The molecule has 1 aromatic carbocycles. The molecule has 120 valence electrons. The van der Waals surface area contributed by atoms with Crippen LogP contribution in [0.3, 0.4) is 0 Å². The molecular weight excluding hydrogens is 301 g/mol. The first-order valence-corrected chi connectivity index (χ1v) is 6.82. The molecule has 1 aromatic rings. The summed E-state index contributed by atoms with van der Waals surface area (Å²) in [6, 6.07) is 0.998. The molecule has 0 radical (unpaired) electrons. The normalized spacial score (nSPS) is 16.4. The Morgan fingerprint density at radius 2 is 1.68 bits per heavy atom. The number of dihydropyridines is 1. The Kier molecular flexibility index (Phi) is 4.15. The van der Waals surface area contributed by atoms with Crippen LogP contribution in [0.25, 0.3) is 5.57 Å². The lowest BCUT2D eigenvalue weighted by molar-refractivity contribution is -0.140. The summed E-state index contributed by atoms with van der Waals surface area (Å²) in [7, 11) is 0. The maximum atomic E-state index is 13.7. The lowest BCUT2D eigenvalue weighted by Gasteiger charge is -2.25. The number of aliphatic imine (C=N–C) groups is 1. The van der Waals surface area contributed by atoms with Gasteiger partial charge in [-0.1, -0.05) is 20.8 Å². The molecule has 1 nitrogen and oxygen atoms in total.